The van der Waals surface area contributed by atoms with Crippen LogP contribution in [0, 0.1) is 6.92 Å². The second-order valence-corrected chi connectivity index (χ2v) is 9.97. The molecule has 0 saturated heterocycles. The van der Waals surface area contributed by atoms with Gasteiger partial charge in [-0.05, 0) is 36.8 Å². The number of hydrogen-bond acceptors (Lipinski definition) is 9. The van der Waals surface area contributed by atoms with Gasteiger partial charge in [0.2, 0.25) is 5.75 Å². The summed E-state index contributed by atoms with van der Waals surface area (Å²) in [5, 5.41) is 11.5. The van der Waals surface area contributed by atoms with Gasteiger partial charge >= 0.3 is 0 Å². The van der Waals surface area contributed by atoms with Crippen molar-refractivity contribution in [1.29, 1.82) is 0 Å². The molecule has 12 nitrogen and oxygen atoms in total. The first-order valence-electron chi connectivity index (χ1n) is 12.4. The maximum absolute atomic E-state index is 13.8. The van der Waals surface area contributed by atoms with Gasteiger partial charge in [-0.3, -0.25) is 14.3 Å². The third-order valence-electron chi connectivity index (χ3n) is 6.49. The first-order valence-corrected chi connectivity index (χ1v) is 13.2. The zero-order chi connectivity index (χ0) is 30.1. The SMILES string of the molecule is COc1cccc(OC)c1OCn1ccc(C(=O)Nc2c(C(N)=O)sc3nc(C(F)F)cc(-c4cnn(C)c4C)c23)n1. The van der Waals surface area contributed by atoms with Gasteiger partial charge in [-0.1, -0.05) is 6.07 Å². The molecule has 42 heavy (non-hydrogen) atoms. The van der Waals surface area contributed by atoms with Crippen LogP contribution in [0.4, 0.5) is 14.5 Å². The second kappa shape index (κ2) is 11.4. The number of ether oxygens (including phenoxy) is 3. The highest BCUT2D eigenvalue weighted by molar-refractivity contribution is 7.21. The number of aryl methyl sites for hydroxylation is 1. The van der Waals surface area contributed by atoms with E-state index in [1.165, 1.54) is 43.4 Å². The summed E-state index contributed by atoms with van der Waals surface area (Å²) >= 11 is 0.810. The molecule has 218 valence electrons. The van der Waals surface area contributed by atoms with Gasteiger partial charge in [-0.25, -0.2) is 18.4 Å². The van der Waals surface area contributed by atoms with E-state index in [0.717, 1.165) is 11.3 Å². The molecule has 0 radical (unpaired) electrons. The third-order valence-corrected chi connectivity index (χ3v) is 7.59. The van der Waals surface area contributed by atoms with Crippen molar-refractivity contribution in [3.63, 3.8) is 0 Å². The largest absolute Gasteiger partial charge is 0.493 e. The van der Waals surface area contributed by atoms with E-state index in [-0.39, 0.29) is 33.2 Å². The molecule has 15 heteroatoms. The lowest BCUT2D eigenvalue weighted by Crippen LogP contribution is -2.18. The van der Waals surface area contributed by atoms with Crippen molar-refractivity contribution in [3.8, 4) is 28.4 Å². The molecule has 0 aliphatic rings. The molecule has 0 aliphatic heterocycles. The lowest BCUT2D eigenvalue weighted by atomic mass is 10.0. The Morgan fingerprint density at radius 2 is 1.86 bits per heavy atom. The second-order valence-electron chi connectivity index (χ2n) is 8.97. The number of benzene rings is 1. The highest BCUT2D eigenvalue weighted by Gasteiger charge is 2.27. The van der Waals surface area contributed by atoms with Crippen LogP contribution in [0.3, 0.4) is 0 Å². The van der Waals surface area contributed by atoms with E-state index in [1.807, 2.05) is 0 Å². The summed E-state index contributed by atoms with van der Waals surface area (Å²) in [4.78, 5) is 29.9. The number of thiophene rings is 1. The number of anilines is 1. The number of hydrogen-bond donors (Lipinski definition) is 2. The van der Waals surface area contributed by atoms with Crippen molar-refractivity contribution in [2.45, 2.75) is 20.1 Å². The van der Waals surface area contributed by atoms with Crippen LogP contribution in [0.5, 0.6) is 17.2 Å². The Morgan fingerprint density at radius 1 is 1.14 bits per heavy atom. The number of fused-ring (bicyclic) bond motifs is 1. The number of nitrogens with zero attached hydrogens (tertiary/aromatic N) is 5. The first kappa shape index (κ1) is 28.5. The van der Waals surface area contributed by atoms with E-state index < -0.39 is 23.9 Å². The molecular formula is C27H25F2N7O5S. The number of carbonyl (C=O) groups is 2. The molecule has 1 aromatic carbocycles. The Morgan fingerprint density at radius 3 is 2.45 bits per heavy atom. The molecule has 3 N–H and O–H groups in total. The summed E-state index contributed by atoms with van der Waals surface area (Å²) in [5.41, 5.74) is 6.72. The predicted octanol–water partition coefficient (Wildman–Crippen LogP) is 4.54. The summed E-state index contributed by atoms with van der Waals surface area (Å²) in [6.07, 6.45) is 0.174. The molecule has 0 bridgehead atoms. The van der Waals surface area contributed by atoms with Crippen molar-refractivity contribution in [2.24, 2.45) is 12.8 Å². The van der Waals surface area contributed by atoms with Crippen molar-refractivity contribution in [1.82, 2.24) is 24.5 Å². The molecule has 0 saturated carbocycles. The highest BCUT2D eigenvalue weighted by Crippen LogP contribution is 2.43. The number of primary amides is 1. The lowest BCUT2D eigenvalue weighted by molar-refractivity contribution is 0.100. The molecule has 0 unspecified atom stereocenters. The van der Waals surface area contributed by atoms with Gasteiger partial charge < -0.3 is 25.3 Å². The van der Waals surface area contributed by atoms with E-state index in [4.69, 9.17) is 19.9 Å². The normalized spacial score (nSPS) is 11.2. The Balaban J connectivity index is 1.49. The molecule has 0 atom stereocenters. The van der Waals surface area contributed by atoms with Crippen LogP contribution < -0.4 is 25.3 Å². The minimum Gasteiger partial charge on any atom is -0.493 e. The minimum absolute atomic E-state index is 0.00312. The molecule has 5 aromatic rings. The van der Waals surface area contributed by atoms with E-state index in [9.17, 15) is 18.4 Å². The van der Waals surface area contributed by atoms with Crippen molar-refractivity contribution in [2.75, 3.05) is 19.5 Å². The number of para-hydroxylation sites is 1. The van der Waals surface area contributed by atoms with Gasteiger partial charge in [0.25, 0.3) is 18.2 Å². The van der Waals surface area contributed by atoms with E-state index >= 15 is 0 Å². The molecule has 0 spiro atoms. The van der Waals surface area contributed by atoms with Crippen molar-refractivity contribution >= 4 is 39.1 Å². The number of methoxy groups -OCH3 is 2. The number of alkyl halides is 2. The summed E-state index contributed by atoms with van der Waals surface area (Å²) in [6.45, 7) is 1.69. The number of nitrogens with one attached hydrogen (secondary N) is 1. The molecule has 5 rings (SSSR count). The monoisotopic (exact) mass is 597 g/mol. The first-order chi connectivity index (χ1) is 20.1. The fourth-order valence-electron chi connectivity index (χ4n) is 4.32. The van der Waals surface area contributed by atoms with Crippen LogP contribution in [0.2, 0.25) is 0 Å². The van der Waals surface area contributed by atoms with Crippen LogP contribution in [0.25, 0.3) is 21.3 Å². The van der Waals surface area contributed by atoms with Gasteiger partial charge in [0.1, 0.15) is 15.4 Å². The number of nitrogens with two attached hydrogens (primary N) is 1. The van der Waals surface area contributed by atoms with Gasteiger partial charge in [0, 0.05) is 29.9 Å². The van der Waals surface area contributed by atoms with Gasteiger partial charge in [-0.2, -0.15) is 10.2 Å². The summed E-state index contributed by atoms with van der Waals surface area (Å²) < 4.78 is 47.0. The number of pyridine rings is 1. The number of rotatable bonds is 10. The molecular weight excluding hydrogens is 572 g/mol. The molecule has 0 aliphatic carbocycles. The summed E-state index contributed by atoms with van der Waals surface area (Å²) in [7, 11) is 4.70. The average molecular weight is 598 g/mol. The van der Waals surface area contributed by atoms with E-state index in [1.54, 1.807) is 36.9 Å². The van der Waals surface area contributed by atoms with Crippen LogP contribution in [0.1, 0.15) is 38.0 Å². The lowest BCUT2D eigenvalue weighted by Gasteiger charge is -2.13. The Kier molecular flexibility index (Phi) is 7.76. The molecule has 2 amide bonds. The van der Waals surface area contributed by atoms with Crippen molar-refractivity contribution < 1.29 is 32.6 Å². The fraction of sp³-hybridized carbons (Fsp3) is 0.222. The zero-order valence-electron chi connectivity index (χ0n) is 22.8. The molecule has 0 fully saturated rings. The molecule has 4 aromatic heterocycles. The Bertz CT molecular complexity index is 1790. The van der Waals surface area contributed by atoms with Gasteiger partial charge in [0.05, 0.1) is 26.1 Å². The maximum Gasteiger partial charge on any atom is 0.280 e. The number of amides is 2. The third kappa shape index (κ3) is 5.21. The van der Waals surface area contributed by atoms with E-state index in [0.29, 0.717) is 34.1 Å². The van der Waals surface area contributed by atoms with Gasteiger partial charge in [-0.15, -0.1) is 11.3 Å². The van der Waals surface area contributed by atoms with Crippen molar-refractivity contribution in [3.05, 3.63) is 64.7 Å². The van der Waals surface area contributed by atoms with Crippen LogP contribution in [0.15, 0.2) is 42.7 Å². The number of halogens is 2. The van der Waals surface area contributed by atoms with Crippen LogP contribution >= 0.6 is 11.3 Å². The van der Waals surface area contributed by atoms with Gasteiger partial charge in [0.15, 0.2) is 23.9 Å². The Hall–Kier alpha value is -5.05. The van der Waals surface area contributed by atoms with E-state index in [2.05, 4.69) is 20.5 Å². The zero-order valence-corrected chi connectivity index (χ0v) is 23.7. The summed E-state index contributed by atoms with van der Waals surface area (Å²) in [6, 6.07) is 7.85. The van der Waals surface area contributed by atoms with Crippen LogP contribution in [-0.2, 0) is 13.8 Å². The Labute approximate surface area is 241 Å². The minimum atomic E-state index is -2.87. The maximum atomic E-state index is 13.8. The fourth-order valence-corrected chi connectivity index (χ4v) is 5.33. The molecule has 4 heterocycles. The number of carbonyl (C=O) groups excluding carboxylic acids is 2. The van der Waals surface area contributed by atoms with Crippen LogP contribution in [-0.4, -0.2) is 50.6 Å². The number of aromatic nitrogens is 5. The average Bonchev–Trinajstić information content (AvgIpc) is 3.69. The highest BCUT2D eigenvalue weighted by atomic mass is 32.1. The predicted molar refractivity (Wildman–Crippen MR) is 150 cm³/mol. The smallest absolute Gasteiger partial charge is 0.280 e. The topological polar surface area (TPSA) is 148 Å². The summed E-state index contributed by atoms with van der Waals surface area (Å²) in [5.74, 6) is -0.270. The quantitative estimate of drug-likeness (QED) is 0.238. The standard InChI is InChI=1S/C27H25F2N7O5S/c1-13-15(11-31-35(13)2)14-10-17(24(28)29)32-27-20(14)21(23(42-27)25(30)37)33-26(38)16-8-9-36(34-16)12-41-22-18(39-3)6-5-7-19(22)40-4/h5-11,24H,12H2,1-4H3,(H2,30,37)(H,33,38).